The Morgan fingerprint density at radius 3 is 2.45 bits per heavy atom. The molecule has 3 rings (SSSR count). The van der Waals surface area contributed by atoms with Crippen LogP contribution in [0.25, 0.3) is 11.3 Å². The minimum absolute atomic E-state index is 0.0579. The van der Waals surface area contributed by atoms with Gasteiger partial charge in [0.1, 0.15) is 0 Å². The summed E-state index contributed by atoms with van der Waals surface area (Å²) in [6.45, 7) is 6.29. The zero-order valence-electron chi connectivity index (χ0n) is 17.5. The number of amides is 1. The molecule has 3 aromatic rings. The second-order valence-electron chi connectivity index (χ2n) is 7.03. The number of thiazole rings is 1. The summed E-state index contributed by atoms with van der Waals surface area (Å²) in [6, 6.07) is 10.0. The molecule has 1 heterocycles. The predicted molar refractivity (Wildman–Crippen MR) is 118 cm³/mol. The second kappa shape index (κ2) is 9.09. The number of hydrogen-bond donors (Lipinski definition) is 1. The normalized spacial score (nSPS) is 10.7. The van der Waals surface area contributed by atoms with Gasteiger partial charge in [-0.1, -0.05) is 12.1 Å². The van der Waals surface area contributed by atoms with E-state index in [9.17, 15) is 4.79 Å². The lowest BCUT2D eigenvalue weighted by Gasteiger charge is -2.09. The van der Waals surface area contributed by atoms with Crippen molar-refractivity contribution in [3.63, 3.8) is 0 Å². The topological polar surface area (TPSA) is 60.5 Å². The molecular weight excluding hydrogens is 384 g/mol. The van der Waals surface area contributed by atoms with Crippen molar-refractivity contribution < 1.29 is 14.3 Å². The SMILES string of the molecule is COc1ccc(CCC(=O)Nc2nc(-c3cc(C)c(C)cc3C)cs2)cc1OC. The smallest absolute Gasteiger partial charge is 0.226 e. The Morgan fingerprint density at radius 2 is 1.72 bits per heavy atom. The number of aryl methyl sites for hydroxylation is 4. The van der Waals surface area contributed by atoms with Gasteiger partial charge in [0.2, 0.25) is 5.91 Å². The van der Waals surface area contributed by atoms with Gasteiger partial charge in [-0.3, -0.25) is 4.79 Å². The fourth-order valence-corrected chi connectivity index (χ4v) is 3.89. The van der Waals surface area contributed by atoms with Gasteiger partial charge in [0.05, 0.1) is 19.9 Å². The van der Waals surface area contributed by atoms with Crippen molar-refractivity contribution in [3.8, 4) is 22.8 Å². The first-order valence-corrected chi connectivity index (χ1v) is 10.3. The van der Waals surface area contributed by atoms with E-state index in [-0.39, 0.29) is 5.91 Å². The van der Waals surface area contributed by atoms with Gasteiger partial charge in [-0.15, -0.1) is 11.3 Å². The molecule has 152 valence electrons. The first kappa shape index (κ1) is 20.9. The van der Waals surface area contributed by atoms with Crippen LogP contribution < -0.4 is 14.8 Å². The predicted octanol–water partition coefficient (Wildman–Crippen LogP) is 5.32. The van der Waals surface area contributed by atoms with E-state index in [2.05, 4.69) is 43.2 Å². The molecule has 0 aliphatic rings. The molecule has 0 unspecified atom stereocenters. The average molecular weight is 411 g/mol. The number of ether oxygens (including phenoxy) is 2. The van der Waals surface area contributed by atoms with E-state index in [0.717, 1.165) is 16.8 Å². The maximum absolute atomic E-state index is 12.4. The summed E-state index contributed by atoms with van der Waals surface area (Å²) < 4.78 is 10.6. The first-order valence-electron chi connectivity index (χ1n) is 9.45. The van der Waals surface area contributed by atoms with E-state index in [1.54, 1.807) is 14.2 Å². The van der Waals surface area contributed by atoms with Crippen molar-refractivity contribution in [3.05, 3.63) is 58.0 Å². The van der Waals surface area contributed by atoms with Crippen LogP contribution in [-0.4, -0.2) is 25.1 Å². The number of methoxy groups -OCH3 is 2. The molecule has 29 heavy (non-hydrogen) atoms. The maximum atomic E-state index is 12.4. The third-order valence-corrected chi connectivity index (χ3v) is 5.71. The van der Waals surface area contributed by atoms with Crippen molar-refractivity contribution >= 4 is 22.4 Å². The minimum Gasteiger partial charge on any atom is -0.493 e. The number of rotatable bonds is 7. The monoisotopic (exact) mass is 410 g/mol. The van der Waals surface area contributed by atoms with Crippen LogP contribution in [0.5, 0.6) is 11.5 Å². The van der Waals surface area contributed by atoms with Crippen LogP contribution in [0, 0.1) is 20.8 Å². The van der Waals surface area contributed by atoms with Crippen LogP contribution in [0.3, 0.4) is 0 Å². The molecule has 1 N–H and O–H groups in total. The lowest BCUT2D eigenvalue weighted by atomic mass is 9.99. The fourth-order valence-electron chi connectivity index (χ4n) is 3.17. The molecule has 0 radical (unpaired) electrons. The number of hydrogen-bond acceptors (Lipinski definition) is 5. The highest BCUT2D eigenvalue weighted by molar-refractivity contribution is 7.14. The van der Waals surface area contributed by atoms with Crippen LogP contribution in [0.15, 0.2) is 35.7 Å². The zero-order chi connectivity index (χ0) is 21.0. The lowest BCUT2D eigenvalue weighted by Crippen LogP contribution is -2.12. The maximum Gasteiger partial charge on any atom is 0.226 e. The molecule has 0 atom stereocenters. The van der Waals surface area contributed by atoms with Crippen LogP contribution in [-0.2, 0) is 11.2 Å². The van der Waals surface area contributed by atoms with Crippen LogP contribution in [0.4, 0.5) is 5.13 Å². The van der Waals surface area contributed by atoms with Gasteiger partial charge in [-0.05, 0) is 67.6 Å². The number of aromatic nitrogens is 1. The summed E-state index contributed by atoms with van der Waals surface area (Å²) in [6.07, 6.45) is 0.980. The highest BCUT2D eigenvalue weighted by Crippen LogP contribution is 2.30. The van der Waals surface area contributed by atoms with Gasteiger partial charge in [0, 0.05) is 17.4 Å². The summed E-state index contributed by atoms with van der Waals surface area (Å²) >= 11 is 1.44. The van der Waals surface area contributed by atoms with E-state index in [4.69, 9.17) is 9.47 Å². The Kier molecular flexibility index (Phi) is 6.54. The Hall–Kier alpha value is -2.86. The fraction of sp³-hybridized carbons (Fsp3) is 0.304. The van der Waals surface area contributed by atoms with Crippen molar-refractivity contribution in [2.24, 2.45) is 0 Å². The van der Waals surface area contributed by atoms with E-state index in [1.165, 1.54) is 28.0 Å². The van der Waals surface area contributed by atoms with Crippen molar-refractivity contribution in [2.45, 2.75) is 33.6 Å². The number of nitrogens with one attached hydrogen (secondary N) is 1. The molecule has 6 heteroatoms. The van der Waals surface area contributed by atoms with E-state index in [1.807, 2.05) is 23.6 Å². The van der Waals surface area contributed by atoms with Crippen LogP contribution >= 0.6 is 11.3 Å². The van der Waals surface area contributed by atoms with Crippen molar-refractivity contribution in [1.29, 1.82) is 0 Å². The van der Waals surface area contributed by atoms with Gasteiger partial charge in [-0.2, -0.15) is 0 Å². The Labute approximate surface area is 175 Å². The van der Waals surface area contributed by atoms with Crippen LogP contribution in [0.1, 0.15) is 28.7 Å². The average Bonchev–Trinajstić information content (AvgIpc) is 3.16. The lowest BCUT2D eigenvalue weighted by molar-refractivity contribution is -0.116. The highest BCUT2D eigenvalue weighted by Gasteiger charge is 2.12. The standard InChI is InChI=1S/C23H26N2O3S/c1-14-10-16(3)18(11-15(14)2)19-13-29-23(24-19)25-22(26)9-7-17-6-8-20(27-4)21(12-17)28-5/h6,8,10-13H,7,9H2,1-5H3,(H,24,25,26). The Balaban J connectivity index is 1.63. The molecule has 1 aromatic heterocycles. The van der Waals surface area contributed by atoms with Gasteiger partial charge >= 0.3 is 0 Å². The Morgan fingerprint density at radius 1 is 1.00 bits per heavy atom. The molecule has 2 aromatic carbocycles. The number of nitrogens with zero attached hydrogens (tertiary/aromatic N) is 1. The van der Waals surface area contributed by atoms with Gasteiger partial charge < -0.3 is 14.8 Å². The summed E-state index contributed by atoms with van der Waals surface area (Å²) in [4.78, 5) is 17.0. The molecule has 5 nitrogen and oxygen atoms in total. The molecule has 0 bridgehead atoms. The number of anilines is 1. The van der Waals surface area contributed by atoms with Crippen molar-refractivity contribution in [1.82, 2.24) is 4.98 Å². The number of carbonyl (C=O) groups is 1. The third-order valence-electron chi connectivity index (χ3n) is 4.96. The highest BCUT2D eigenvalue weighted by atomic mass is 32.1. The number of carbonyl (C=O) groups excluding carboxylic acids is 1. The van der Waals surface area contributed by atoms with E-state index < -0.39 is 0 Å². The van der Waals surface area contributed by atoms with Gasteiger partial charge in [0.15, 0.2) is 16.6 Å². The van der Waals surface area contributed by atoms with Gasteiger partial charge in [0.25, 0.3) is 0 Å². The molecule has 0 aliphatic heterocycles. The quantitative estimate of drug-likeness (QED) is 0.572. The first-order chi connectivity index (χ1) is 13.9. The zero-order valence-corrected chi connectivity index (χ0v) is 18.3. The molecule has 1 amide bonds. The van der Waals surface area contributed by atoms with Gasteiger partial charge in [-0.25, -0.2) is 4.98 Å². The largest absolute Gasteiger partial charge is 0.493 e. The molecular formula is C23H26N2O3S. The van der Waals surface area contributed by atoms with E-state index >= 15 is 0 Å². The summed E-state index contributed by atoms with van der Waals surface area (Å²) in [5.74, 6) is 1.29. The molecule has 0 aliphatic carbocycles. The van der Waals surface area contributed by atoms with E-state index in [0.29, 0.717) is 29.5 Å². The summed E-state index contributed by atoms with van der Waals surface area (Å²) in [5, 5.41) is 5.52. The molecule has 0 spiro atoms. The summed E-state index contributed by atoms with van der Waals surface area (Å²) in [5.41, 5.74) is 6.71. The molecule has 0 saturated carbocycles. The molecule has 0 saturated heterocycles. The molecule has 0 fully saturated rings. The third kappa shape index (κ3) is 4.95. The second-order valence-corrected chi connectivity index (χ2v) is 7.88. The van der Waals surface area contributed by atoms with Crippen LogP contribution in [0.2, 0.25) is 0 Å². The van der Waals surface area contributed by atoms with Crippen molar-refractivity contribution in [2.75, 3.05) is 19.5 Å². The minimum atomic E-state index is -0.0579. The number of benzene rings is 2. The Bertz CT molecular complexity index is 1030. The summed E-state index contributed by atoms with van der Waals surface area (Å²) in [7, 11) is 3.21.